The summed E-state index contributed by atoms with van der Waals surface area (Å²) in [5.41, 5.74) is 3.49. The summed E-state index contributed by atoms with van der Waals surface area (Å²) in [5.74, 6) is 1.63. The molecule has 1 aromatic carbocycles. The molecule has 0 aliphatic heterocycles. The van der Waals surface area contributed by atoms with Crippen molar-refractivity contribution in [1.29, 1.82) is 0 Å². The Morgan fingerprint density at radius 2 is 1.93 bits per heavy atom. The smallest absolute Gasteiger partial charge is 0.267 e. The highest BCUT2D eigenvalue weighted by atomic mass is 32.2. The van der Waals surface area contributed by atoms with Gasteiger partial charge in [-0.15, -0.1) is 11.3 Å². The Morgan fingerprint density at radius 3 is 2.67 bits per heavy atom. The third-order valence-electron chi connectivity index (χ3n) is 5.18. The van der Waals surface area contributed by atoms with Gasteiger partial charge in [-0.3, -0.25) is 9.36 Å². The second-order valence-electron chi connectivity index (χ2n) is 7.79. The van der Waals surface area contributed by atoms with Crippen LogP contribution in [0.5, 0.6) is 0 Å². The number of fused-ring (bicyclic) bond motifs is 3. The summed E-state index contributed by atoms with van der Waals surface area (Å²) in [6, 6.07) is 8.21. The molecule has 1 aliphatic carbocycles. The van der Waals surface area contributed by atoms with E-state index >= 15 is 0 Å². The van der Waals surface area contributed by atoms with E-state index in [-0.39, 0.29) is 5.56 Å². The van der Waals surface area contributed by atoms with Gasteiger partial charge in [0.25, 0.3) is 5.56 Å². The lowest BCUT2D eigenvalue weighted by Crippen LogP contribution is -2.22. The normalized spacial score (nSPS) is 14.1. The maximum atomic E-state index is 13.6. The fourth-order valence-electron chi connectivity index (χ4n) is 3.59. The number of aryl methyl sites for hydroxylation is 3. The van der Waals surface area contributed by atoms with Crippen LogP contribution in [0.1, 0.15) is 49.1 Å². The highest BCUT2D eigenvalue weighted by Gasteiger charge is 2.22. The number of thiophene rings is 1. The van der Waals surface area contributed by atoms with Crippen molar-refractivity contribution >= 4 is 33.3 Å². The summed E-state index contributed by atoms with van der Waals surface area (Å²) < 4.78 is 1.84. The van der Waals surface area contributed by atoms with Crippen molar-refractivity contribution in [1.82, 2.24) is 9.55 Å². The van der Waals surface area contributed by atoms with Gasteiger partial charge in [-0.25, -0.2) is 4.98 Å². The average molecular weight is 399 g/mol. The molecule has 0 N–H and O–H groups in total. The van der Waals surface area contributed by atoms with E-state index in [1.807, 2.05) is 16.7 Å². The summed E-state index contributed by atoms with van der Waals surface area (Å²) in [4.78, 5) is 20.9. The molecule has 2 aromatic heterocycles. The third-order valence-corrected chi connectivity index (χ3v) is 7.33. The lowest BCUT2D eigenvalue weighted by Gasteiger charge is -2.14. The molecule has 2 heterocycles. The molecule has 0 radical (unpaired) electrons. The van der Waals surface area contributed by atoms with Crippen LogP contribution in [0.2, 0.25) is 0 Å². The Balaban J connectivity index is 1.89. The van der Waals surface area contributed by atoms with Crippen molar-refractivity contribution in [2.24, 2.45) is 5.92 Å². The van der Waals surface area contributed by atoms with Crippen LogP contribution < -0.4 is 5.56 Å². The van der Waals surface area contributed by atoms with Crippen molar-refractivity contribution in [3.05, 3.63) is 50.6 Å². The molecule has 3 aromatic rings. The van der Waals surface area contributed by atoms with Gasteiger partial charge in [0.1, 0.15) is 4.83 Å². The largest absolute Gasteiger partial charge is 0.268 e. The zero-order chi connectivity index (χ0) is 19.0. The Bertz CT molecular complexity index is 1020. The average Bonchev–Trinajstić information content (AvgIpc) is 3.01. The van der Waals surface area contributed by atoms with Gasteiger partial charge >= 0.3 is 0 Å². The van der Waals surface area contributed by atoms with Crippen LogP contribution in [0.15, 0.2) is 34.2 Å². The van der Waals surface area contributed by atoms with Crippen LogP contribution in [-0.2, 0) is 12.8 Å². The fraction of sp³-hybridized carbons (Fsp3) is 0.455. The van der Waals surface area contributed by atoms with Gasteiger partial charge in [-0.2, -0.15) is 0 Å². The molecule has 0 saturated carbocycles. The minimum absolute atomic E-state index is 0.107. The van der Waals surface area contributed by atoms with E-state index in [9.17, 15) is 4.79 Å². The second-order valence-corrected chi connectivity index (χ2v) is 9.94. The molecular formula is C22H26N2OS2. The number of hydrogen-bond donors (Lipinski definition) is 0. The monoisotopic (exact) mass is 398 g/mol. The molecule has 5 heteroatoms. The van der Waals surface area contributed by atoms with Crippen molar-refractivity contribution in [2.45, 2.75) is 58.0 Å². The van der Waals surface area contributed by atoms with Gasteiger partial charge in [-0.1, -0.05) is 43.3 Å². The molecule has 0 fully saturated rings. The third kappa shape index (κ3) is 3.72. The Hall–Kier alpha value is -1.59. The first-order chi connectivity index (χ1) is 13.0. The van der Waals surface area contributed by atoms with Crippen molar-refractivity contribution in [3.63, 3.8) is 0 Å². The highest BCUT2D eigenvalue weighted by Crippen LogP contribution is 2.35. The van der Waals surface area contributed by atoms with Crippen LogP contribution in [0.25, 0.3) is 15.9 Å². The number of rotatable bonds is 5. The van der Waals surface area contributed by atoms with Crippen molar-refractivity contribution in [3.8, 4) is 5.69 Å². The first-order valence-electron chi connectivity index (χ1n) is 9.81. The van der Waals surface area contributed by atoms with Crippen LogP contribution >= 0.6 is 23.1 Å². The molecule has 142 valence electrons. The SMILES string of the molecule is Cc1ccc(-n2c(SCCC(C)C)nc3sc4c(c3c2=O)CCCC4)cc1. The molecule has 0 unspecified atom stereocenters. The maximum Gasteiger partial charge on any atom is 0.267 e. The summed E-state index contributed by atoms with van der Waals surface area (Å²) >= 11 is 3.44. The summed E-state index contributed by atoms with van der Waals surface area (Å²) in [5, 5.41) is 1.69. The van der Waals surface area contributed by atoms with Crippen molar-refractivity contribution in [2.75, 3.05) is 5.75 Å². The molecule has 0 spiro atoms. The van der Waals surface area contributed by atoms with Gasteiger partial charge in [0.2, 0.25) is 0 Å². The van der Waals surface area contributed by atoms with E-state index in [2.05, 4.69) is 32.9 Å². The molecule has 3 nitrogen and oxygen atoms in total. The number of thioether (sulfide) groups is 1. The molecule has 1 aliphatic rings. The van der Waals surface area contributed by atoms with E-state index in [0.29, 0.717) is 5.92 Å². The quantitative estimate of drug-likeness (QED) is 0.404. The molecule has 0 saturated heterocycles. The Morgan fingerprint density at radius 1 is 1.19 bits per heavy atom. The summed E-state index contributed by atoms with van der Waals surface area (Å²) in [6.07, 6.45) is 5.62. The number of benzene rings is 1. The van der Waals surface area contributed by atoms with Crippen LogP contribution in [0.4, 0.5) is 0 Å². The van der Waals surface area contributed by atoms with E-state index in [4.69, 9.17) is 4.98 Å². The molecule has 27 heavy (non-hydrogen) atoms. The zero-order valence-electron chi connectivity index (χ0n) is 16.2. The minimum atomic E-state index is 0.107. The standard InChI is InChI=1S/C22H26N2OS2/c1-14(2)12-13-26-22-23-20-19(17-6-4-5-7-18(17)27-20)21(25)24(22)16-10-8-15(3)9-11-16/h8-11,14H,4-7,12-13H2,1-3H3. The molecular weight excluding hydrogens is 372 g/mol. The molecule has 4 rings (SSSR count). The van der Waals surface area contributed by atoms with E-state index in [1.165, 1.54) is 28.8 Å². The van der Waals surface area contributed by atoms with Crippen LogP contribution in [0.3, 0.4) is 0 Å². The van der Waals surface area contributed by atoms with E-state index in [1.54, 1.807) is 23.1 Å². The van der Waals surface area contributed by atoms with Gasteiger partial charge in [0.15, 0.2) is 5.16 Å². The van der Waals surface area contributed by atoms with Crippen LogP contribution in [0, 0.1) is 12.8 Å². The summed E-state index contributed by atoms with van der Waals surface area (Å²) in [6.45, 7) is 6.54. The zero-order valence-corrected chi connectivity index (χ0v) is 17.9. The first kappa shape index (κ1) is 18.8. The Kier molecular flexibility index (Phi) is 5.42. The van der Waals surface area contributed by atoms with Gasteiger partial charge in [0, 0.05) is 10.6 Å². The topological polar surface area (TPSA) is 34.9 Å². The van der Waals surface area contributed by atoms with Gasteiger partial charge in [0.05, 0.1) is 11.1 Å². The minimum Gasteiger partial charge on any atom is -0.268 e. The van der Waals surface area contributed by atoms with Crippen LogP contribution in [-0.4, -0.2) is 15.3 Å². The number of aromatic nitrogens is 2. The van der Waals surface area contributed by atoms with Gasteiger partial charge in [-0.05, 0) is 62.6 Å². The molecule has 0 amide bonds. The predicted molar refractivity (Wildman–Crippen MR) is 117 cm³/mol. The Labute approximate surface area is 168 Å². The van der Waals surface area contributed by atoms with Gasteiger partial charge < -0.3 is 0 Å². The number of hydrogen-bond acceptors (Lipinski definition) is 4. The summed E-state index contributed by atoms with van der Waals surface area (Å²) in [7, 11) is 0. The second kappa shape index (κ2) is 7.80. The fourth-order valence-corrected chi connectivity index (χ4v) is 6.15. The van der Waals surface area contributed by atoms with E-state index < -0.39 is 0 Å². The predicted octanol–water partition coefficient (Wildman–Crippen LogP) is 5.77. The highest BCUT2D eigenvalue weighted by molar-refractivity contribution is 7.99. The molecule has 0 bridgehead atoms. The lowest BCUT2D eigenvalue weighted by atomic mass is 9.97. The van der Waals surface area contributed by atoms with Crippen molar-refractivity contribution < 1.29 is 0 Å². The number of nitrogens with zero attached hydrogens (tertiary/aromatic N) is 2. The van der Waals surface area contributed by atoms with E-state index in [0.717, 1.165) is 46.1 Å². The molecule has 0 atom stereocenters. The lowest BCUT2D eigenvalue weighted by molar-refractivity contribution is 0.631. The maximum absolute atomic E-state index is 13.6. The first-order valence-corrected chi connectivity index (χ1v) is 11.6.